The van der Waals surface area contributed by atoms with E-state index in [1.807, 2.05) is 16.3 Å². The third-order valence-corrected chi connectivity index (χ3v) is 6.59. The first-order chi connectivity index (χ1) is 14.7. The van der Waals surface area contributed by atoms with Gasteiger partial charge in [0.2, 0.25) is 5.91 Å². The summed E-state index contributed by atoms with van der Waals surface area (Å²) in [6, 6.07) is 6.69. The van der Waals surface area contributed by atoms with Crippen LogP contribution in [0.2, 0.25) is 0 Å². The Labute approximate surface area is 178 Å². The number of hydrogen-bond acceptors (Lipinski definition) is 6. The number of nitrogens with zero attached hydrogens (tertiary/aromatic N) is 5. The summed E-state index contributed by atoms with van der Waals surface area (Å²) < 4.78 is 18.3. The lowest BCUT2D eigenvalue weighted by Crippen LogP contribution is -2.45. The number of amides is 1. The second kappa shape index (κ2) is 8.23. The molecule has 0 saturated carbocycles. The van der Waals surface area contributed by atoms with Gasteiger partial charge in [-0.3, -0.25) is 14.8 Å². The predicted octanol–water partition coefficient (Wildman–Crippen LogP) is 2.83. The number of halogens is 1. The van der Waals surface area contributed by atoms with E-state index in [1.54, 1.807) is 12.1 Å². The first-order valence-electron chi connectivity index (χ1n) is 10.3. The zero-order chi connectivity index (χ0) is 20.5. The van der Waals surface area contributed by atoms with Gasteiger partial charge < -0.3 is 4.90 Å². The number of fused-ring (bicyclic) bond motifs is 1. The Morgan fingerprint density at radius 1 is 1.30 bits per heavy atom. The topological polar surface area (TPSA) is 78.0 Å². The quantitative estimate of drug-likeness (QED) is 0.694. The Balaban J connectivity index is 1.27. The van der Waals surface area contributed by atoms with E-state index in [9.17, 15) is 9.18 Å². The number of nitrogens with one attached hydrogen (secondary N) is 1. The number of H-pyrrole nitrogens is 1. The summed E-state index contributed by atoms with van der Waals surface area (Å²) in [7, 11) is 0. The highest BCUT2D eigenvalue weighted by Gasteiger charge is 2.29. The minimum absolute atomic E-state index is 0.141. The van der Waals surface area contributed by atoms with E-state index in [0.717, 1.165) is 49.3 Å². The minimum atomic E-state index is -0.282. The third kappa shape index (κ3) is 3.75. The molecule has 0 bridgehead atoms. The molecule has 0 radical (unpaired) electrons. The van der Waals surface area contributed by atoms with Crippen molar-refractivity contribution in [2.45, 2.75) is 31.7 Å². The molecule has 0 unspecified atom stereocenters. The van der Waals surface area contributed by atoms with Crippen molar-refractivity contribution in [2.24, 2.45) is 0 Å². The Kier molecular flexibility index (Phi) is 5.30. The predicted molar refractivity (Wildman–Crippen MR) is 111 cm³/mol. The van der Waals surface area contributed by atoms with Crippen molar-refractivity contribution in [3.63, 3.8) is 0 Å². The van der Waals surface area contributed by atoms with Crippen molar-refractivity contribution < 1.29 is 9.18 Å². The molecule has 4 heterocycles. The summed E-state index contributed by atoms with van der Waals surface area (Å²) >= 11 is 1.36. The highest BCUT2D eigenvalue weighted by atomic mass is 32.1. The number of rotatable bonds is 4. The Morgan fingerprint density at radius 3 is 3.03 bits per heavy atom. The minimum Gasteiger partial charge on any atom is -0.341 e. The summed E-state index contributed by atoms with van der Waals surface area (Å²) in [5.74, 6) is 0.133. The molecule has 1 fully saturated rings. The Bertz CT molecular complexity index is 1040. The lowest BCUT2D eigenvalue weighted by molar-refractivity contribution is -0.133. The van der Waals surface area contributed by atoms with E-state index in [4.69, 9.17) is 0 Å². The van der Waals surface area contributed by atoms with E-state index >= 15 is 0 Å². The van der Waals surface area contributed by atoms with Crippen LogP contribution in [0.15, 0.2) is 29.6 Å². The number of benzene rings is 1. The molecule has 0 spiro atoms. The van der Waals surface area contributed by atoms with Crippen molar-refractivity contribution in [1.29, 1.82) is 0 Å². The van der Waals surface area contributed by atoms with Crippen LogP contribution in [0.3, 0.4) is 0 Å². The van der Waals surface area contributed by atoms with Gasteiger partial charge in [-0.1, -0.05) is 16.6 Å². The molecule has 9 heteroatoms. The maximum absolute atomic E-state index is 14.3. The van der Waals surface area contributed by atoms with Gasteiger partial charge in [-0.25, -0.2) is 4.39 Å². The van der Waals surface area contributed by atoms with Gasteiger partial charge in [0.25, 0.3) is 0 Å². The van der Waals surface area contributed by atoms with E-state index < -0.39 is 0 Å². The molecule has 1 N–H and O–H groups in total. The number of likely N-dealkylation sites (tertiary alicyclic amines) is 1. The fourth-order valence-electron chi connectivity index (χ4n) is 4.45. The van der Waals surface area contributed by atoms with Gasteiger partial charge in [-0.15, -0.1) is 5.10 Å². The van der Waals surface area contributed by atoms with Gasteiger partial charge in [0, 0.05) is 60.7 Å². The summed E-state index contributed by atoms with van der Waals surface area (Å²) in [4.78, 5) is 17.1. The third-order valence-electron chi connectivity index (χ3n) is 6.07. The standard InChI is InChI=1S/C21H23FN6OS/c22-17-6-2-1-5-15(17)21-16-11-27(9-7-18(16)23-25-21)12-20(29)28-8-3-4-14(10-28)19-13-30-26-24-19/h1-2,5-6,13-14H,3-4,7-12H2,(H,23,25)/t14-/m0/s1. The molecule has 7 nitrogen and oxygen atoms in total. The van der Waals surface area contributed by atoms with Crippen molar-refractivity contribution >= 4 is 17.4 Å². The van der Waals surface area contributed by atoms with E-state index in [0.29, 0.717) is 30.9 Å². The molecular weight excluding hydrogens is 403 g/mol. The summed E-state index contributed by atoms with van der Waals surface area (Å²) in [6.07, 6.45) is 2.80. The average molecular weight is 427 g/mol. The van der Waals surface area contributed by atoms with Crippen LogP contribution in [0.5, 0.6) is 0 Å². The molecule has 0 aliphatic carbocycles. The van der Waals surface area contributed by atoms with Crippen LogP contribution in [-0.2, 0) is 17.8 Å². The number of carbonyl (C=O) groups is 1. The summed E-state index contributed by atoms with van der Waals surface area (Å²) in [6.45, 7) is 3.23. The zero-order valence-electron chi connectivity index (χ0n) is 16.6. The van der Waals surface area contributed by atoms with Gasteiger partial charge in [-0.2, -0.15) is 5.10 Å². The number of aromatic amines is 1. The fraction of sp³-hybridized carbons (Fsp3) is 0.429. The van der Waals surface area contributed by atoms with E-state index in [-0.39, 0.29) is 17.6 Å². The lowest BCUT2D eigenvalue weighted by atomic mass is 9.95. The lowest BCUT2D eigenvalue weighted by Gasteiger charge is -2.34. The average Bonchev–Trinajstić information content (AvgIpc) is 3.44. The molecule has 3 aromatic rings. The maximum Gasteiger partial charge on any atom is 0.236 e. The molecule has 2 aromatic heterocycles. The Morgan fingerprint density at radius 2 is 2.20 bits per heavy atom. The SMILES string of the molecule is O=C(CN1CCc2[nH]nc(-c3ccccc3F)c2C1)N1CCC[C@H](c2csnn2)C1. The van der Waals surface area contributed by atoms with Crippen LogP contribution >= 0.6 is 11.5 Å². The first kappa shape index (κ1) is 19.3. The number of hydrogen-bond donors (Lipinski definition) is 1. The van der Waals surface area contributed by atoms with E-state index in [1.165, 1.54) is 17.6 Å². The number of piperidine rings is 1. The van der Waals surface area contributed by atoms with Crippen LogP contribution in [0.25, 0.3) is 11.3 Å². The summed E-state index contributed by atoms with van der Waals surface area (Å²) in [5.41, 5.74) is 4.16. The first-order valence-corrected chi connectivity index (χ1v) is 11.1. The van der Waals surface area contributed by atoms with Gasteiger partial charge in [0.15, 0.2) is 0 Å². The van der Waals surface area contributed by atoms with Crippen LogP contribution in [-0.4, -0.2) is 61.7 Å². The Hall–Kier alpha value is -2.65. The smallest absolute Gasteiger partial charge is 0.236 e. The van der Waals surface area contributed by atoms with Crippen LogP contribution in [0, 0.1) is 5.82 Å². The van der Waals surface area contributed by atoms with E-state index in [2.05, 4.69) is 24.7 Å². The normalized spacial score (nSPS) is 19.6. The van der Waals surface area contributed by atoms with Gasteiger partial charge in [-0.05, 0) is 36.5 Å². The van der Waals surface area contributed by atoms with Crippen LogP contribution < -0.4 is 0 Å². The number of aromatic nitrogens is 4. The molecule has 156 valence electrons. The molecule has 1 aromatic carbocycles. The molecule has 1 saturated heterocycles. The maximum atomic E-state index is 14.3. The van der Waals surface area contributed by atoms with Gasteiger partial charge in [0.1, 0.15) is 5.82 Å². The molecular formula is C21H23FN6OS. The fourth-order valence-corrected chi connectivity index (χ4v) is 4.98. The number of carbonyl (C=O) groups excluding carboxylic acids is 1. The molecule has 2 aliphatic rings. The summed E-state index contributed by atoms with van der Waals surface area (Å²) in [5, 5.41) is 13.6. The zero-order valence-corrected chi connectivity index (χ0v) is 17.4. The van der Waals surface area contributed by atoms with Crippen LogP contribution in [0.1, 0.15) is 35.7 Å². The van der Waals surface area contributed by atoms with Crippen LogP contribution in [0.4, 0.5) is 4.39 Å². The molecule has 30 heavy (non-hydrogen) atoms. The van der Waals surface area contributed by atoms with Crippen molar-refractivity contribution in [3.05, 3.63) is 52.4 Å². The molecule has 2 aliphatic heterocycles. The highest BCUT2D eigenvalue weighted by Crippen LogP contribution is 2.30. The monoisotopic (exact) mass is 426 g/mol. The second-order valence-corrected chi connectivity index (χ2v) is 8.59. The molecule has 5 rings (SSSR count). The van der Waals surface area contributed by atoms with Crippen molar-refractivity contribution in [2.75, 3.05) is 26.2 Å². The van der Waals surface area contributed by atoms with Gasteiger partial charge in [0.05, 0.1) is 17.9 Å². The van der Waals surface area contributed by atoms with Crippen molar-refractivity contribution in [3.8, 4) is 11.3 Å². The molecule has 1 amide bonds. The second-order valence-electron chi connectivity index (χ2n) is 7.98. The van der Waals surface area contributed by atoms with Gasteiger partial charge >= 0.3 is 0 Å². The molecule has 1 atom stereocenters. The van der Waals surface area contributed by atoms with Crippen molar-refractivity contribution in [1.82, 2.24) is 29.6 Å². The largest absolute Gasteiger partial charge is 0.341 e. The highest BCUT2D eigenvalue weighted by molar-refractivity contribution is 7.03.